The summed E-state index contributed by atoms with van der Waals surface area (Å²) < 4.78 is 16.0. The summed E-state index contributed by atoms with van der Waals surface area (Å²) in [5.41, 5.74) is 1.45. The van der Waals surface area contributed by atoms with E-state index in [2.05, 4.69) is 10.6 Å². The van der Waals surface area contributed by atoms with Crippen LogP contribution in [0.15, 0.2) is 35.5 Å². The van der Waals surface area contributed by atoms with Gasteiger partial charge in [0.2, 0.25) is 0 Å². The van der Waals surface area contributed by atoms with Crippen LogP contribution in [0, 0.1) is 0 Å². The first-order valence-electron chi connectivity index (χ1n) is 9.84. The molecule has 0 radical (unpaired) electrons. The van der Waals surface area contributed by atoms with Crippen molar-refractivity contribution in [3.05, 3.63) is 41.1 Å². The molecule has 0 spiro atoms. The number of rotatable bonds is 10. The van der Waals surface area contributed by atoms with E-state index in [-0.39, 0.29) is 30.9 Å². The fourth-order valence-electron chi connectivity index (χ4n) is 3.04. The molecule has 8 heteroatoms. The zero-order valence-electron chi connectivity index (χ0n) is 17.1. The van der Waals surface area contributed by atoms with Crippen LogP contribution in [0.1, 0.15) is 39.2 Å². The van der Waals surface area contributed by atoms with Gasteiger partial charge in [0.1, 0.15) is 12.4 Å². The monoisotopic (exact) mass is 404 g/mol. The Balaban J connectivity index is 2.02. The van der Waals surface area contributed by atoms with Gasteiger partial charge >= 0.3 is 18.0 Å². The maximum absolute atomic E-state index is 12.3. The molecule has 1 aliphatic rings. The first-order chi connectivity index (χ1) is 14.0. The maximum Gasteiger partial charge on any atom is 0.338 e. The highest BCUT2D eigenvalue weighted by Gasteiger charge is 2.31. The van der Waals surface area contributed by atoms with Crippen LogP contribution in [0.2, 0.25) is 0 Å². The van der Waals surface area contributed by atoms with Crippen LogP contribution in [0.5, 0.6) is 5.75 Å². The molecule has 0 fully saturated rings. The molecule has 0 saturated heterocycles. The van der Waals surface area contributed by atoms with E-state index in [9.17, 15) is 14.4 Å². The minimum absolute atomic E-state index is 0.148. The van der Waals surface area contributed by atoms with Gasteiger partial charge < -0.3 is 24.8 Å². The number of aryl methyl sites for hydroxylation is 1. The number of carbonyl (C=O) groups excluding carboxylic acids is 3. The molecule has 1 atom stereocenters. The van der Waals surface area contributed by atoms with Crippen molar-refractivity contribution in [2.75, 3.05) is 19.8 Å². The molecule has 0 aliphatic carbocycles. The van der Waals surface area contributed by atoms with Crippen LogP contribution in [0.4, 0.5) is 4.79 Å². The Kier molecular flexibility index (Phi) is 8.51. The summed E-state index contributed by atoms with van der Waals surface area (Å²) in [7, 11) is 0. The topological polar surface area (TPSA) is 103 Å². The second kappa shape index (κ2) is 11.1. The largest absolute Gasteiger partial charge is 0.494 e. The molecular weight excluding hydrogens is 376 g/mol. The molecule has 158 valence electrons. The number of esters is 2. The molecule has 0 unspecified atom stereocenters. The van der Waals surface area contributed by atoms with Crippen molar-refractivity contribution in [2.45, 2.75) is 46.1 Å². The predicted molar refractivity (Wildman–Crippen MR) is 106 cm³/mol. The van der Waals surface area contributed by atoms with Gasteiger partial charge in [-0.05, 0) is 38.3 Å². The summed E-state index contributed by atoms with van der Waals surface area (Å²) in [6.45, 7) is 5.99. The average Bonchev–Trinajstić information content (AvgIpc) is 2.71. The molecule has 1 heterocycles. The first kappa shape index (κ1) is 22.3. The first-order valence-corrected chi connectivity index (χ1v) is 9.84. The lowest BCUT2D eigenvalue weighted by atomic mass is 10.0. The molecule has 1 aliphatic heterocycles. The van der Waals surface area contributed by atoms with Gasteiger partial charge in [-0.25, -0.2) is 9.59 Å². The van der Waals surface area contributed by atoms with Crippen molar-refractivity contribution in [3.8, 4) is 5.75 Å². The van der Waals surface area contributed by atoms with Crippen LogP contribution < -0.4 is 15.4 Å². The van der Waals surface area contributed by atoms with Gasteiger partial charge in [-0.1, -0.05) is 25.1 Å². The zero-order chi connectivity index (χ0) is 21.2. The summed E-state index contributed by atoms with van der Waals surface area (Å²) in [6, 6.07) is 6.58. The van der Waals surface area contributed by atoms with E-state index < -0.39 is 24.0 Å². The quantitative estimate of drug-likeness (QED) is 0.581. The Morgan fingerprint density at radius 1 is 1.07 bits per heavy atom. The third-order valence-electron chi connectivity index (χ3n) is 4.40. The molecule has 0 saturated carbocycles. The smallest absolute Gasteiger partial charge is 0.338 e. The second-order valence-electron chi connectivity index (χ2n) is 6.37. The average molecular weight is 404 g/mol. The highest BCUT2D eigenvalue weighted by atomic mass is 16.5. The Morgan fingerprint density at radius 2 is 1.83 bits per heavy atom. The summed E-state index contributed by atoms with van der Waals surface area (Å²) in [4.78, 5) is 36.4. The third-order valence-corrected chi connectivity index (χ3v) is 4.40. The lowest BCUT2D eigenvalue weighted by Gasteiger charge is -2.28. The highest BCUT2D eigenvalue weighted by Crippen LogP contribution is 2.20. The van der Waals surface area contributed by atoms with Crippen molar-refractivity contribution in [2.24, 2.45) is 0 Å². The maximum atomic E-state index is 12.3. The van der Waals surface area contributed by atoms with Crippen molar-refractivity contribution >= 4 is 18.0 Å². The lowest BCUT2D eigenvalue weighted by molar-refractivity contribution is -0.143. The number of nitrogens with one attached hydrogen (secondary N) is 2. The fraction of sp³-hybridized carbons (Fsp3) is 0.476. The van der Waals surface area contributed by atoms with Crippen molar-refractivity contribution in [1.29, 1.82) is 0 Å². The summed E-state index contributed by atoms with van der Waals surface area (Å²) in [5, 5.41) is 5.23. The van der Waals surface area contributed by atoms with Gasteiger partial charge in [-0.3, -0.25) is 4.79 Å². The van der Waals surface area contributed by atoms with Crippen molar-refractivity contribution in [1.82, 2.24) is 10.6 Å². The molecule has 2 amide bonds. The van der Waals surface area contributed by atoms with Gasteiger partial charge in [0.05, 0.1) is 30.5 Å². The molecule has 1 aromatic carbocycles. The Morgan fingerprint density at radius 3 is 2.52 bits per heavy atom. The molecule has 1 aromatic rings. The van der Waals surface area contributed by atoms with Crippen LogP contribution in [-0.4, -0.2) is 43.8 Å². The molecule has 8 nitrogen and oxygen atoms in total. The Hall–Kier alpha value is -3.03. The number of carbonyl (C=O) groups is 3. The molecule has 0 bridgehead atoms. The van der Waals surface area contributed by atoms with Gasteiger partial charge in [0.15, 0.2) is 0 Å². The SMILES string of the molecule is CCOC(=O)C1=C(COC(=O)CCc2ccccc2OCC)NC(=O)N[C@H]1CC. The summed E-state index contributed by atoms with van der Waals surface area (Å²) >= 11 is 0. The fourth-order valence-corrected chi connectivity index (χ4v) is 3.04. The summed E-state index contributed by atoms with van der Waals surface area (Å²) in [6.07, 6.45) is 1.12. The van der Waals surface area contributed by atoms with E-state index in [1.54, 1.807) is 6.92 Å². The van der Waals surface area contributed by atoms with Crippen LogP contribution in [0.3, 0.4) is 0 Å². The predicted octanol–water partition coefficient (Wildman–Crippen LogP) is 2.47. The van der Waals surface area contributed by atoms with Crippen molar-refractivity contribution < 1.29 is 28.6 Å². The standard InChI is InChI=1S/C21H28N2O6/c1-4-15-19(20(25)28-6-3)16(23-21(26)22-15)13-29-18(24)12-11-14-9-7-8-10-17(14)27-5-2/h7-10,15H,4-6,11-13H2,1-3H3,(H2,22,23,26)/t15-/m0/s1. The third kappa shape index (κ3) is 6.23. The molecular formula is C21H28N2O6. The lowest BCUT2D eigenvalue weighted by Crippen LogP contribution is -2.51. The van der Waals surface area contributed by atoms with E-state index in [0.717, 1.165) is 11.3 Å². The number of benzene rings is 1. The molecule has 2 rings (SSSR count). The van der Waals surface area contributed by atoms with Crippen LogP contribution in [-0.2, 0) is 25.5 Å². The molecule has 2 N–H and O–H groups in total. The number of hydrogen-bond donors (Lipinski definition) is 2. The van der Waals surface area contributed by atoms with Crippen LogP contribution in [0.25, 0.3) is 0 Å². The van der Waals surface area contributed by atoms with Gasteiger partial charge in [0.25, 0.3) is 0 Å². The number of hydrogen-bond acceptors (Lipinski definition) is 6. The number of urea groups is 1. The zero-order valence-corrected chi connectivity index (χ0v) is 17.1. The Bertz CT molecular complexity index is 774. The number of para-hydroxylation sites is 1. The van der Waals surface area contributed by atoms with Gasteiger partial charge in [-0.2, -0.15) is 0 Å². The number of ether oxygens (including phenoxy) is 3. The minimum atomic E-state index is -0.538. The van der Waals surface area contributed by atoms with Gasteiger partial charge in [0, 0.05) is 6.42 Å². The Labute approximate surface area is 170 Å². The second-order valence-corrected chi connectivity index (χ2v) is 6.37. The highest BCUT2D eigenvalue weighted by molar-refractivity contribution is 5.94. The normalized spacial score (nSPS) is 16.0. The van der Waals surface area contributed by atoms with E-state index >= 15 is 0 Å². The van der Waals surface area contributed by atoms with E-state index in [1.807, 2.05) is 38.1 Å². The minimum Gasteiger partial charge on any atom is -0.494 e. The van der Waals surface area contributed by atoms with Crippen molar-refractivity contribution in [3.63, 3.8) is 0 Å². The van der Waals surface area contributed by atoms with E-state index in [4.69, 9.17) is 14.2 Å². The molecule has 0 aromatic heterocycles. The van der Waals surface area contributed by atoms with Gasteiger partial charge in [-0.15, -0.1) is 0 Å². The summed E-state index contributed by atoms with van der Waals surface area (Å²) in [5.74, 6) is -0.233. The van der Waals surface area contributed by atoms with E-state index in [0.29, 0.717) is 19.4 Å². The number of amides is 2. The van der Waals surface area contributed by atoms with Crippen LogP contribution >= 0.6 is 0 Å². The van der Waals surface area contributed by atoms with E-state index in [1.165, 1.54) is 0 Å². The molecule has 29 heavy (non-hydrogen) atoms.